The highest BCUT2D eigenvalue weighted by atomic mass is 32.1. The Morgan fingerprint density at radius 1 is 1.48 bits per heavy atom. The molecular formula is C14H19N3O3S. The van der Waals surface area contributed by atoms with Crippen LogP contribution in [-0.4, -0.2) is 15.6 Å². The van der Waals surface area contributed by atoms with Crippen LogP contribution in [0.15, 0.2) is 20.8 Å². The fraction of sp³-hybridized carbons (Fsp3) is 0.500. The molecule has 2 aromatic rings. The largest absolute Gasteiger partial charge is 0.338 e. The van der Waals surface area contributed by atoms with E-state index in [1.54, 1.807) is 16.0 Å². The molecule has 0 aliphatic carbocycles. The van der Waals surface area contributed by atoms with Gasteiger partial charge in [0, 0.05) is 35.5 Å². The van der Waals surface area contributed by atoms with Crippen LogP contribution < -0.4 is 10.2 Å². The third-order valence-corrected chi connectivity index (χ3v) is 3.96. The number of thiazole rings is 1. The summed E-state index contributed by atoms with van der Waals surface area (Å²) >= 11 is 1.14. The Morgan fingerprint density at radius 2 is 2.19 bits per heavy atom. The predicted molar refractivity (Wildman–Crippen MR) is 81.8 cm³/mol. The van der Waals surface area contributed by atoms with Gasteiger partial charge in [0.2, 0.25) is 11.8 Å². The van der Waals surface area contributed by atoms with Crippen LogP contribution in [0, 0.1) is 6.92 Å². The van der Waals surface area contributed by atoms with Crippen LogP contribution >= 0.6 is 11.3 Å². The van der Waals surface area contributed by atoms with Crippen molar-refractivity contribution in [2.24, 2.45) is 0 Å². The van der Waals surface area contributed by atoms with Crippen molar-refractivity contribution in [3.05, 3.63) is 32.5 Å². The number of aromatic nitrogens is 2. The van der Waals surface area contributed by atoms with Gasteiger partial charge in [-0.3, -0.25) is 14.9 Å². The van der Waals surface area contributed by atoms with E-state index in [9.17, 15) is 9.59 Å². The van der Waals surface area contributed by atoms with Gasteiger partial charge in [0.25, 0.3) is 0 Å². The highest BCUT2D eigenvalue weighted by molar-refractivity contribution is 7.07. The van der Waals surface area contributed by atoms with Crippen LogP contribution in [0.4, 0.5) is 5.88 Å². The number of carbonyl (C=O) groups excluding carboxylic acids is 1. The molecule has 2 aromatic heterocycles. The molecule has 0 saturated carbocycles. The van der Waals surface area contributed by atoms with E-state index in [0.29, 0.717) is 12.4 Å². The van der Waals surface area contributed by atoms with Gasteiger partial charge in [-0.2, -0.15) is 0 Å². The molecule has 1 N–H and O–H groups in total. The fourth-order valence-corrected chi connectivity index (χ4v) is 2.54. The van der Waals surface area contributed by atoms with E-state index in [1.807, 2.05) is 27.7 Å². The Labute approximate surface area is 126 Å². The minimum atomic E-state index is -0.205. The van der Waals surface area contributed by atoms with Gasteiger partial charge in [0.15, 0.2) is 0 Å². The zero-order chi connectivity index (χ0) is 15.6. The first kappa shape index (κ1) is 15.5. The molecule has 21 heavy (non-hydrogen) atoms. The van der Waals surface area contributed by atoms with E-state index < -0.39 is 0 Å². The molecule has 7 heteroatoms. The normalized spacial score (nSPS) is 11.6. The van der Waals surface area contributed by atoms with Crippen molar-refractivity contribution in [3.63, 3.8) is 0 Å². The standard InChI is InChI=1S/C14H19N3O3S/c1-9-8-21-13(19)17(9)6-5-11(18)15-12-7-10(16-20-12)14(2,3)4/h7-8H,5-6H2,1-4H3,(H,15,18). The molecule has 1 amide bonds. The Hall–Kier alpha value is -1.89. The molecule has 0 radical (unpaired) electrons. The monoisotopic (exact) mass is 309 g/mol. The van der Waals surface area contributed by atoms with Gasteiger partial charge in [0.05, 0.1) is 5.69 Å². The first-order valence-corrected chi connectivity index (χ1v) is 7.57. The van der Waals surface area contributed by atoms with Gasteiger partial charge in [-0.05, 0) is 6.92 Å². The zero-order valence-electron chi connectivity index (χ0n) is 12.6. The lowest BCUT2D eigenvalue weighted by Crippen LogP contribution is -2.20. The fourth-order valence-electron chi connectivity index (χ4n) is 1.78. The number of nitrogens with one attached hydrogen (secondary N) is 1. The van der Waals surface area contributed by atoms with Crippen molar-refractivity contribution in [1.29, 1.82) is 0 Å². The maximum Gasteiger partial charge on any atom is 0.307 e. The summed E-state index contributed by atoms with van der Waals surface area (Å²) in [5.41, 5.74) is 1.52. The van der Waals surface area contributed by atoms with Gasteiger partial charge in [-0.1, -0.05) is 37.3 Å². The van der Waals surface area contributed by atoms with Crippen molar-refractivity contribution in [1.82, 2.24) is 9.72 Å². The van der Waals surface area contributed by atoms with Crippen LogP contribution in [0.5, 0.6) is 0 Å². The second-order valence-electron chi connectivity index (χ2n) is 5.92. The summed E-state index contributed by atoms with van der Waals surface area (Å²) in [6, 6.07) is 1.72. The number of amides is 1. The first-order chi connectivity index (χ1) is 9.77. The molecule has 0 saturated heterocycles. The lowest BCUT2D eigenvalue weighted by Gasteiger charge is -2.12. The topological polar surface area (TPSA) is 77.1 Å². The number of anilines is 1. The van der Waals surface area contributed by atoms with Crippen LogP contribution in [-0.2, 0) is 16.8 Å². The van der Waals surface area contributed by atoms with Gasteiger partial charge < -0.3 is 9.09 Å². The smallest absolute Gasteiger partial charge is 0.307 e. The molecule has 2 rings (SSSR count). The molecule has 0 bridgehead atoms. The molecule has 0 aliphatic heterocycles. The third-order valence-electron chi connectivity index (χ3n) is 3.08. The number of rotatable bonds is 4. The van der Waals surface area contributed by atoms with Crippen molar-refractivity contribution in [3.8, 4) is 0 Å². The Kier molecular flexibility index (Phi) is 4.32. The Morgan fingerprint density at radius 3 is 2.71 bits per heavy atom. The SMILES string of the molecule is Cc1csc(=O)n1CCC(=O)Nc1cc(C(C)(C)C)no1. The molecular weight excluding hydrogens is 290 g/mol. The summed E-state index contributed by atoms with van der Waals surface area (Å²) < 4.78 is 6.69. The number of hydrogen-bond donors (Lipinski definition) is 1. The second-order valence-corrected chi connectivity index (χ2v) is 6.74. The number of nitrogens with zero attached hydrogens (tertiary/aromatic N) is 2. The summed E-state index contributed by atoms with van der Waals surface area (Å²) in [6.07, 6.45) is 0.211. The van der Waals surface area contributed by atoms with E-state index in [1.165, 1.54) is 0 Å². The molecule has 0 atom stereocenters. The van der Waals surface area contributed by atoms with E-state index in [0.717, 1.165) is 22.7 Å². The lowest BCUT2D eigenvalue weighted by molar-refractivity contribution is -0.116. The molecule has 0 spiro atoms. The molecule has 114 valence electrons. The molecule has 0 unspecified atom stereocenters. The van der Waals surface area contributed by atoms with Crippen LogP contribution in [0.1, 0.15) is 38.6 Å². The van der Waals surface area contributed by atoms with Gasteiger partial charge in [-0.15, -0.1) is 0 Å². The Balaban J connectivity index is 1.93. The number of carbonyl (C=O) groups is 1. The van der Waals surface area contributed by atoms with Crippen LogP contribution in [0.2, 0.25) is 0 Å². The zero-order valence-corrected chi connectivity index (χ0v) is 13.4. The highest BCUT2D eigenvalue weighted by Gasteiger charge is 2.19. The second kappa shape index (κ2) is 5.85. The Bertz CT molecular complexity index is 691. The van der Waals surface area contributed by atoms with E-state index in [-0.39, 0.29) is 22.6 Å². The minimum Gasteiger partial charge on any atom is -0.338 e. The van der Waals surface area contributed by atoms with Crippen molar-refractivity contribution < 1.29 is 9.32 Å². The first-order valence-electron chi connectivity index (χ1n) is 6.69. The molecule has 0 fully saturated rings. The van der Waals surface area contributed by atoms with E-state index in [2.05, 4.69) is 10.5 Å². The van der Waals surface area contributed by atoms with Crippen molar-refractivity contribution in [2.75, 3.05) is 5.32 Å². The highest BCUT2D eigenvalue weighted by Crippen LogP contribution is 2.23. The van der Waals surface area contributed by atoms with Gasteiger partial charge in [-0.25, -0.2) is 0 Å². The molecule has 2 heterocycles. The molecule has 6 nitrogen and oxygen atoms in total. The molecule has 0 aliphatic rings. The minimum absolute atomic E-state index is 0.0463. The number of hydrogen-bond acceptors (Lipinski definition) is 5. The lowest BCUT2D eigenvalue weighted by atomic mass is 9.92. The van der Waals surface area contributed by atoms with E-state index in [4.69, 9.17) is 4.52 Å². The average Bonchev–Trinajstić information content (AvgIpc) is 2.95. The summed E-state index contributed by atoms with van der Waals surface area (Å²) in [7, 11) is 0. The maximum atomic E-state index is 11.9. The quantitative estimate of drug-likeness (QED) is 0.941. The summed E-state index contributed by atoms with van der Waals surface area (Å²) in [4.78, 5) is 23.4. The van der Waals surface area contributed by atoms with Crippen molar-refractivity contribution in [2.45, 2.75) is 46.1 Å². The molecule has 0 aromatic carbocycles. The van der Waals surface area contributed by atoms with Crippen LogP contribution in [0.25, 0.3) is 0 Å². The van der Waals surface area contributed by atoms with Crippen molar-refractivity contribution >= 4 is 23.1 Å². The van der Waals surface area contributed by atoms with Gasteiger partial charge >= 0.3 is 4.87 Å². The summed E-state index contributed by atoms with van der Waals surface area (Å²) in [5.74, 6) is 0.128. The summed E-state index contributed by atoms with van der Waals surface area (Å²) in [5, 5.41) is 8.38. The van der Waals surface area contributed by atoms with Gasteiger partial charge in [0.1, 0.15) is 0 Å². The summed E-state index contributed by atoms with van der Waals surface area (Å²) in [6.45, 7) is 8.26. The predicted octanol–water partition coefficient (Wildman–Crippen LogP) is 2.53. The van der Waals surface area contributed by atoms with E-state index >= 15 is 0 Å². The third kappa shape index (κ3) is 3.81. The number of aryl methyl sites for hydroxylation is 1. The average molecular weight is 309 g/mol. The van der Waals surface area contributed by atoms with Crippen LogP contribution in [0.3, 0.4) is 0 Å². The maximum absolute atomic E-state index is 11.9.